The van der Waals surface area contributed by atoms with Crippen molar-refractivity contribution in [1.29, 1.82) is 0 Å². The van der Waals surface area contributed by atoms with E-state index in [0.717, 1.165) is 20.7 Å². The number of nitrogens with zero attached hydrogens (tertiary/aromatic N) is 5. The number of hydrogen-bond acceptors (Lipinski definition) is 8. The average Bonchev–Trinajstić information content (AvgIpc) is 3.20. The minimum absolute atomic E-state index is 0.0167. The number of nitrogens with one attached hydrogen (secondary N) is 1. The first kappa shape index (κ1) is 23.9. The third-order valence-corrected chi connectivity index (χ3v) is 6.73. The Morgan fingerprint density at radius 2 is 2.21 bits per heavy atom. The van der Waals surface area contributed by atoms with E-state index >= 15 is 0 Å². The summed E-state index contributed by atoms with van der Waals surface area (Å²) in [6.07, 6.45) is 5.23. The van der Waals surface area contributed by atoms with Crippen LogP contribution in [0, 0.1) is 10.7 Å². The number of aromatic nitrogens is 2. The number of fused-ring (bicyclic) bond motifs is 3. The number of anilines is 2. The van der Waals surface area contributed by atoms with Gasteiger partial charge in [-0.05, 0) is 37.2 Å². The maximum Gasteiger partial charge on any atom is 0.300 e. The lowest BCUT2D eigenvalue weighted by atomic mass is 10.0. The third-order valence-electron chi connectivity index (χ3n) is 5.32. The predicted octanol–water partition coefficient (Wildman–Crippen LogP) is 3.89. The van der Waals surface area contributed by atoms with Crippen molar-refractivity contribution in [2.75, 3.05) is 32.0 Å². The normalized spacial score (nSPS) is 13.5. The van der Waals surface area contributed by atoms with Crippen molar-refractivity contribution in [1.82, 2.24) is 19.8 Å². The second kappa shape index (κ2) is 10.3. The van der Waals surface area contributed by atoms with Crippen LogP contribution in [0.15, 0.2) is 41.9 Å². The van der Waals surface area contributed by atoms with Crippen molar-refractivity contribution in [3.63, 3.8) is 0 Å². The second-order valence-corrected chi connectivity index (χ2v) is 9.24. The smallest absolute Gasteiger partial charge is 0.300 e. The highest BCUT2D eigenvalue weighted by molar-refractivity contribution is 7.19. The molecule has 9 nitrogen and oxygen atoms in total. The van der Waals surface area contributed by atoms with Gasteiger partial charge in [-0.25, -0.2) is 14.4 Å². The molecule has 3 heterocycles. The van der Waals surface area contributed by atoms with Gasteiger partial charge in [0, 0.05) is 34.9 Å². The van der Waals surface area contributed by atoms with Crippen LogP contribution in [-0.4, -0.2) is 58.3 Å². The number of carbonyl (C=O) groups is 2. The van der Waals surface area contributed by atoms with Crippen LogP contribution in [0.25, 0.3) is 10.2 Å². The monoisotopic (exact) mass is 502 g/mol. The van der Waals surface area contributed by atoms with Crippen LogP contribution >= 0.6 is 22.9 Å². The molecule has 12 heteroatoms. The highest BCUT2D eigenvalue weighted by Crippen LogP contribution is 2.38. The summed E-state index contributed by atoms with van der Waals surface area (Å²) in [5.74, 6) is -0.783. The number of likely N-dealkylation sites (N-methyl/N-ethyl adjacent to an activating group) is 1. The van der Waals surface area contributed by atoms with Gasteiger partial charge in [0.25, 0.3) is 5.91 Å². The largest absolute Gasteiger partial charge is 0.340 e. The molecule has 1 N–H and O–H groups in total. The van der Waals surface area contributed by atoms with E-state index in [9.17, 15) is 18.9 Å². The minimum Gasteiger partial charge on any atom is -0.340 e. The molecule has 3 aromatic rings. The van der Waals surface area contributed by atoms with Gasteiger partial charge in [0.1, 0.15) is 22.8 Å². The Morgan fingerprint density at radius 3 is 2.97 bits per heavy atom. The molecule has 0 atom stereocenters. The van der Waals surface area contributed by atoms with E-state index in [2.05, 4.69) is 20.5 Å². The van der Waals surface area contributed by atoms with E-state index < -0.39 is 11.7 Å². The molecule has 0 radical (unpaired) electrons. The van der Waals surface area contributed by atoms with Gasteiger partial charge in [-0.1, -0.05) is 17.7 Å². The van der Waals surface area contributed by atoms with Gasteiger partial charge in [0.2, 0.25) is 5.91 Å². The molecular formula is C22H20ClFN6O3S. The number of carbonyl (C=O) groups excluding carboxylic acids is 2. The first-order valence-electron chi connectivity index (χ1n) is 10.3. The summed E-state index contributed by atoms with van der Waals surface area (Å²) in [6.45, 7) is 1.22. The molecule has 176 valence electrons. The number of halogens is 2. The molecule has 4 rings (SSSR count). The van der Waals surface area contributed by atoms with Gasteiger partial charge in [-0.15, -0.1) is 16.2 Å². The fourth-order valence-corrected chi connectivity index (χ4v) is 5.07. The van der Waals surface area contributed by atoms with Crippen LogP contribution in [0.1, 0.15) is 10.4 Å². The lowest BCUT2D eigenvalue weighted by Crippen LogP contribution is -2.34. The molecular weight excluding hydrogens is 483 g/mol. The topological polar surface area (TPSA) is 108 Å². The molecule has 34 heavy (non-hydrogen) atoms. The van der Waals surface area contributed by atoms with Crippen molar-refractivity contribution in [3.8, 4) is 0 Å². The predicted molar refractivity (Wildman–Crippen MR) is 129 cm³/mol. The van der Waals surface area contributed by atoms with Gasteiger partial charge in [-0.2, -0.15) is 0 Å². The summed E-state index contributed by atoms with van der Waals surface area (Å²) >= 11 is 7.41. The van der Waals surface area contributed by atoms with Crippen molar-refractivity contribution in [3.05, 3.63) is 62.9 Å². The summed E-state index contributed by atoms with van der Waals surface area (Å²) < 4.78 is 13.5. The second-order valence-electron chi connectivity index (χ2n) is 7.75. The number of hydrogen-bond donors (Lipinski definition) is 1. The number of nitroso groups, excluding NO2 is 1. The SMILES string of the molecule is CN(C/C=C/C(=O)N1CCc2c(sc3ncnc(Nc4ccc(F)c(Cl)c4)c23)C1)CC(=O)N=O. The molecule has 0 saturated heterocycles. The van der Waals surface area contributed by atoms with E-state index in [4.69, 9.17) is 11.6 Å². The zero-order chi connectivity index (χ0) is 24.2. The highest BCUT2D eigenvalue weighted by Gasteiger charge is 2.25. The Bertz CT molecular complexity index is 1300. The lowest BCUT2D eigenvalue weighted by molar-refractivity contribution is -0.126. The maximum atomic E-state index is 13.5. The fraction of sp³-hybridized carbons (Fsp3) is 0.273. The Labute approximate surface area is 203 Å². The minimum atomic E-state index is -0.755. The van der Waals surface area contributed by atoms with E-state index in [1.54, 1.807) is 29.0 Å². The zero-order valence-electron chi connectivity index (χ0n) is 18.1. The number of benzene rings is 1. The van der Waals surface area contributed by atoms with Crippen LogP contribution in [0.4, 0.5) is 15.9 Å². The van der Waals surface area contributed by atoms with Gasteiger partial charge in [0.05, 0.1) is 23.5 Å². The summed E-state index contributed by atoms with van der Waals surface area (Å²) in [5, 5.41) is 6.46. The van der Waals surface area contributed by atoms with Gasteiger partial charge in [0.15, 0.2) is 0 Å². The van der Waals surface area contributed by atoms with E-state index in [-0.39, 0.29) is 17.5 Å². The van der Waals surface area contributed by atoms with Crippen LogP contribution in [0.2, 0.25) is 5.02 Å². The van der Waals surface area contributed by atoms with Gasteiger partial charge < -0.3 is 10.2 Å². The molecule has 0 saturated carbocycles. The van der Waals surface area contributed by atoms with Crippen molar-refractivity contribution in [2.24, 2.45) is 5.18 Å². The Balaban J connectivity index is 1.48. The van der Waals surface area contributed by atoms with Crippen molar-refractivity contribution < 1.29 is 14.0 Å². The van der Waals surface area contributed by atoms with Crippen LogP contribution in [0.3, 0.4) is 0 Å². The summed E-state index contributed by atoms with van der Waals surface area (Å²) in [5.41, 5.74) is 1.70. The average molecular weight is 503 g/mol. The molecule has 1 aromatic carbocycles. The third kappa shape index (κ3) is 5.27. The Hall–Kier alpha value is -3.28. The summed E-state index contributed by atoms with van der Waals surface area (Å²) in [7, 11) is 1.66. The molecule has 0 fully saturated rings. The van der Waals surface area contributed by atoms with Crippen molar-refractivity contribution in [2.45, 2.75) is 13.0 Å². The quantitative estimate of drug-likeness (QED) is 0.385. The van der Waals surface area contributed by atoms with E-state index in [1.807, 2.05) is 0 Å². The molecule has 0 bridgehead atoms. The van der Waals surface area contributed by atoms with Crippen LogP contribution in [-0.2, 0) is 22.6 Å². The van der Waals surface area contributed by atoms with Gasteiger partial charge in [-0.3, -0.25) is 14.5 Å². The fourth-order valence-electron chi connectivity index (χ4n) is 3.68. The standard InChI is InChI=1S/C22H20ClFN6O3S/c1-29(11-18(31)28-33)7-2-3-19(32)30-8-6-14-17(10-30)34-22-20(14)21(25-12-26-22)27-13-4-5-16(24)15(23)9-13/h2-5,9,12H,6-8,10-11H2,1H3,(H,25,26,27)/b3-2+. The number of amides is 2. The van der Waals surface area contributed by atoms with E-state index in [0.29, 0.717) is 37.6 Å². The molecule has 1 aliphatic heterocycles. The number of rotatable bonds is 7. The summed E-state index contributed by atoms with van der Waals surface area (Å²) in [4.78, 5) is 47.8. The Morgan fingerprint density at radius 1 is 1.38 bits per heavy atom. The molecule has 0 aliphatic carbocycles. The first-order valence-corrected chi connectivity index (χ1v) is 11.5. The Kier molecular flexibility index (Phi) is 7.25. The molecule has 0 spiro atoms. The molecule has 1 aliphatic rings. The van der Waals surface area contributed by atoms with Crippen LogP contribution < -0.4 is 5.32 Å². The van der Waals surface area contributed by atoms with Crippen LogP contribution in [0.5, 0.6) is 0 Å². The van der Waals surface area contributed by atoms with E-state index in [1.165, 1.54) is 35.9 Å². The zero-order valence-corrected chi connectivity index (χ0v) is 19.7. The molecule has 2 aromatic heterocycles. The highest BCUT2D eigenvalue weighted by atomic mass is 35.5. The number of thiophene rings is 1. The van der Waals surface area contributed by atoms with Gasteiger partial charge >= 0.3 is 0 Å². The summed E-state index contributed by atoms with van der Waals surface area (Å²) in [6, 6.07) is 4.38. The maximum absolute atomic E-state index is 13.5. The molecule has 0 unspecified atom stereocenters. The van der Waals surface area contributed by atoms with Crippen molar-refractivity contribution >= 4 is 56.5 Å². The lowest BCUT2D eigenvalue weighted by Gasteiger charge is -2.26. The first-order chi connectivity index (χ1) is 16.4. The molecule has 2 amide bonds.